The van der Waals surface area contributed by atoms with Gasteiger partial charge in [0.1, 0.15) is 11.4 Å². The number of carbonyl (C=O) groups excluding carboxylic acids is 2. The van der Waals surface area contributed by atoms with Gasteiger partial charge in [0.15, 0.2) is 0 Å². The Hall–Kier alpha value is -0.860. The van der Waals surface area contributed by atoms with Crippen molar-refractivity contribution in [1.82, 2.24) is 0 Å². The molecule has 2 bridgehead atoms. The van der Waals surface area contributed by atoms with Crippen LogP contribution in [0, 0.1) is 17.3 Å². The number of esters is 1. The maximum Gasteiger partial charge on any atom is 0.303 e. The summed E-state index contributed by atoms with van der Waals surface area (Å²) >= 11 is 0. The molecular weight excluding hydrogens is 216 g/mol. The number of carbonyl (C=O) groups is 2. The molecule has 0 aromatic rings. The molecule has 0 radical (unpaired) electrons. The first kappa shape index (κ1) is 11.2. The largest absolute Gasteiger partial charge is 0.458 e. The molecule has 3 saturated carbocycles. The normalized spacial score (nSPS) is 46.9. The van der Waals surface area contributed by atoms with E-state index in [0.717, 1.165) is 38.5 Å². The van der Waals surface area contributed by atoms with Crippen LogP contribution in [0.2, 0.25) is 0 Å². The summed E-state index contributed by atoms with van der Waals surface area (Å²) in [5.74, 6) is 0.933. The summed E-state index contributed by atoms with van der Waals surface area (Å²) in [5, 5.41) is 0. The highest BCUT2D eigenvalue weighted by Crippen LogP contribution is 2.70. The molecule has 0 aromatic carbocycles. The van der Waals surface area contributed by atoms with E-state index in [1.807, 2.05) is 0 Å². The molecule has 0 saturated heterocycles. The first-order valence-electron chi connectivity index (χ1n) is 6.73. The Kier molecular flexibility index (Phi) is 2.20. The van der Waals surface area contributed by atoms with Crippen LogP contribution in [0.3, 0.4) is 0 Å². The van der Waals surface area contributed by atoms with E-state index in [0.29, 0.717) is 11.8 Å². The molecule has 17 heavy (non-hydrogen) atoms. The zero-order chi connectivity index (χ0) is 12.3. The fourth-order valence-electron chi connectivity index (χ4n) is 5.28. The van der Waals surface area contributed by atoms with Gasteiger partial charge in [-0.25, -0.2) is 0 Å². The third-order valence-electron chi connectivity index (χ3n) is 5.62. The molecule has 3 heteroatoms. The van der Waals surface area contributed by atoms with Gasteiger partial charge < -0.3 is 4.74 Å². The Bertz CT molecular complexity index is 389. The average molecular weight is 236 g/mol. The van der Waals surface area contributed by atoms with Gasteiger partial charge in [-0.3, -0.25) is 9.59 Å². The smallest absolute Gasteiger partial charge is 0.303 e. The molecule has 0 N–H and O–H groups in total. The van der Waals surface area contributed by atoms with Crippen molar-refractivity contribution < 1.29 is 14.3 Å². The maximum absolute atomic E-state index is 12.2. The van der Waals surface area contributed by atoms with Gasteiger partial charge in [0.25, 0.3) is 0 Å². The lowest BCUT2D eigenvalue weighted by Crippen LogP contribution is -2.55. The van der Waals surface area contributed by atoms with Crippen molar-refractivity contribution in [3.05, 3.63) is 0 Å². The van der Waals surface area contributed by atoms with E-state index >= 15 is 0 Å². The van der Waals surface area contributed by atoms with Crippen LogP contribution in [0.1, 0.15) is 52.4 Å². The highest BCUT2D eigenvalue weighted by Gasteiger charge is 2.73. The van der Waals surface area contributed by atoms with Gasteiger partial charge in [0.05, 0.1) is 5.41 Å². The monoisotopic (exact) mass is 236 g/mol. The van der Waals surface area contributed by atoms with E-state index in [9.17, 15) is 9.59 Å². The Morgan fingerprint density at radius 2 is 1.82 bits per heavy atom. The van der Waals surface area contributed by atoms with Crippen LogP contribution >= 0.6 is 0 Å². The first-order valence-corrected chi connectivity index (χ1v) is 6.73. The molecular formula is C14H20O3. The lowest BCUT2D eigenvalue weighted by Gasteiger charge is -2.46. The summed E-state index contributed by atoms with van der Waals surface area (Å²) in [4.78, 5) is 23.7. The van der Waals surface area contributed by atoms with E-state index in [2.05, 4.69) is 0 Å². The second-order valence-corrected chi connectivity index (χ2v) is 6.07. The quantitative estimate of drug-likeness (QED) is 0.692. The van der Waals surface area contributed by atoms with E-state index in [-0.39, 0.29) is 17.2 Å². The van der Waals surface area contributed by atoms with Crippen molar-refractivity contribution >= 4 is 11.8 Å². The van der Waals surface area contributed by atoms with Crippen molar-refractivity contribution in [1.29, 1.82) is 0 Å². The Morgan fingerprint density at radius 1 is 1.12 bits per heavy atom. The lowest BCUT2D eigenvalue weighted by molar-refractivity contribution is -0.183. The van der Waals surface area contributed by atoms with E-state index < -0.39 is 5.60 Å². The van der Waals surface area contributed by atoms with Crippen LogP contribution in [-0.2, 0) is 14.3 Å². The van der Waals surface area contributed by atoms with Crippen LogP contribution in [0.15, 0.2) is 0 Å². The standard InChI is InChI=1S/C14H20O3/c1-9(15)13-6-3-7-14(13,17-10(2)16)12-5-4-11(13)8-12/h11-12H,3-8H2,1-2H3. The summed E-state index contributed by atoms with van der Waals surface area (Å²) in [5.41, 5.74) is -0.769. The third-order valence-corrected chi connectivity index (χ3v) is 5.62. The number of fused-ring (bicyclic) bond motifs is 5. The van der Waals surface area contributed by atoms with E-state index in [1.165, 1.54) is 6.92 Å². The SMILES string of the molecule is CC(=O)OC12CCCC1(C(C)=O)C1CCC2C1. The molecule has 0 aliphatic heterocycles. The first-order chi connectivity index (χ1) is 8.03. The van der Waals surface area contributed by atoms with Crippen molar-refractivity contribution in [3.8, 4) is 0 Å². The highest BCUT2D eigenvalue weighted by atomic mass is 16.6. The summed E-state index contributed by atoms with van der Waals surface area (Å²) < 4.78 is 5.76. The van der Waals surface area contributed by atoms with Crippen molar-refractivity contribution in [2.45, 2.75) is 58.0 Å². The minimum absolute atomic E-state index is 0.218. The minimum Gasteiger partial charge on any atom is -0.458 e. The highest BCUT2D eigenvalue weighted by molar-refractivity contribution is 5.86. The van der Waals surface area contributed by atoms with E-state index in [4.69, 9.17) is 4.74 Å². The molecule has 3 nitrogen and oxygen atoms in total. The van der Waals surface area contributed by atoms with Gasteiger partial charge in [0, 0.05) is 12.8 Å². The summed E-state index contributed by atoms with van der Waals surface area (Å²) in [6, 6.07) is 0. The number of ketones is 1. The van der Waals surface area contributed by atoms with Gasteiger partial charge in [-0.1, -0.05) is 0 Å². The van der Waals surface area contributed by atoms with Crippen LogP contribution in [0.4, 0.5) is 0 Å². The molecule has 3 aliphatic rings. The summed E-state index contributed by atoms with van der Waals surface area (Å²) in [6.07, 6.45) is 6.22. The Labute approximate surface area is 102 Å². The number of ether oxygens (including phenoxy) is 1. The van der Waals surface area contributed by atoms with E-state index in [1.54, 1.807) is 6.92 Å². The minimum atomic E-state index is -0.437. The van der Waals surface area contributed by atoms with Crippen molar-refractivity contribution in [3.63, 3.8) is 0 Å². The third kappa shape index (κ3) is 1.13. The molecule has 0 spiro atoms. The molecule has 4 atom stereocenters. The number of hydrogen-bond acceptors (Lipinski definition) is 3. The topological polar surface area (TPSA) is 43.4 Å². The van der Waals surface area contributed by atoms with Gasteiger partial charge in [0.2, 0.25) is 0 Å². The molecule has 0 heterocycles. The average Bonchev–Trinajstić information content (AvgIpc) is 2.83. The molecule has 3 aliphatic carbocycles. The fourth-order valence-corrected chi connectivity index (χ4v) is 5.28. The van der Waals surface area contributed by atoms with Crippen LogP contribution < -0.4 is 0 Å². The molecule has 4 unspecified atom stereocenters. The summed E-state index contributed by atoms with van der Waals surface area (Å²) in [7, 11) is 0. The van der Waals surface area contributed by atoms with Gasteiger partial charge in [-0.15, -0.1) is 0 Å². The van der Waals surface area contributed by atoms with Crippen LogP contribution in [0.25, 0.3) is 0 Å². The lowest BCUT2D eigenvalue weighted by atomic mass is 9.62. The molecule has 94 valence electrons. The van der Waals surface area contributed by atoms with Crippen LogP contribution in [-0.4, -0.2) is 17.4 Å². The number of rotatable bonds is 2. The van der Waals surface area contributed by atoms with Crippen molar-refractivity contribution in [2.24, 2.45) is 17.3 Å². The Morgan fingerprint density at radius 3 is 2.47 bits per heavy atom. The predicted molar refractivity (Wildman–Crippen MR) is 62.3 cm³/mol. The number of Topliss-reactive ketones (excluding diaryl/α,β-unsaturated/α-hetero) is 1. The predicted octanol–water partition coefficient (Wildman–Crippen LogP) is 2.48. The Balaban J connectivity index is 2.09. The molecule has 0 amide bonds. The number of hydrogen-bond donors (Lipinski definition) is 0. The zero-order valence-corrected chi connectivity index (χ0v) is 10.6. The summed E-state index contributed by atoms with van der Waals surface area (Å²) in [6.45, 7) is 3.17. The van der Waals surface area contributed by atoms with Gasteiger partial charge in [-0.2, -0.15) is 0 Å². The van der Waals surface area contributed by atoms with Gasteiger partial charge in [-0.05, 0) is 51.4 Å². The van der Waals surface area contributed by atoms with Crippen LogP contribution in [0.5, 0.6) is 0 Å². The molecule has 0 aromatic heterocycles. The second kappa shape index (κ2) is 3.33. The molecule has 3 fully saturated rings. The molecule has 3 rings (SSSR count). The van der Waals surface area contributed by atoms with Gasteiger partial charge >= 0.3 is 5.97 Å². The maximum atomic E-state index is 12.2. The van der Waals surface area contributed by atoms with Crippen molar-refractivity contribution in [2.75, 3.05) is 0 Å². The zero-order valence-electron chi connectivity index (χ0n) is 10.6. The second-order valence-electron chi connectivity index (χ2n) is 6.07. The fraction of sp³-hybridized carbons (Fsp3) is 0.857.